The van der Waals surface area contributed by atoms with Crippen molar-refractivity contribution in [3.05, 3.63) is 32.4 Å². The number of nitriles is 3. The average Bonchev–Trinajstić information content (AvgIpc) is 3.00. The molecule has 0 aromatic carbocycles. The number of rotatable bonds is 1. The van der Waals surface area contributed by atoms with Gasteiger partial charge in [0.25, 0.3) is 0 Å². The summed E-state index contributed by atoms with van der Waals surface area (Å²) < 4.78 is 0.906. The van der Waals surface area contributed by atoms with Crippen LogP contribution in [-0.4, -0.2) is 25.8 Å². The van der Waals surface area contributed by atoms with Crippen molar-refractivity contribution in [1.82, 2.24) is 0 Å². The summed E-state index contributed by atoms with van der Waals surface area (Å²) in [6, 6.07) is 8.30. The highest BCUT2D eigenvalue weighted by Crippen LogP contribution is 2.53. The summed E-state index contributed by atoms with van der Waals surface area (Å²) in [4.78, 5) is 2.19. The Bertz CT molecular complexity index is 836. The molecule has 1 fully saturated rings. The van der Waals surface area contributed by atoms with E-state index >= 15 is 0 Å². The largest absolute Gasteiger partial charge is 0.334 e. The summed E-state index contributed by atoms with van der Waals surface area (Å²) in [5.74, 6) is -1.27. The van der Waals surface area contributed by atoms with Crippen molar-refractivity contribution in [2.24, 2.45) is 17.3 Å². The molecule has 120 valence electrons. The van der Waals surface area contributed by atoms with Crippen LogP contribution in [0.3, 0.4) is 0 Å². The first-order valence-electron chi connectivity index (χ1n) is 7.54. The number of thiophene rings is 1. The fourth-order valence-electron chi connectivity index (χ4n) is 3.85. The van der Waals surface area contributed by atoms with Gasteiger partial charge in [0.15, 0.2) is 5.41 Å². The maximum absolute atomic E-state index is 9.86. The lowest BCUT2D eigenvalue weighted by atomic mass is 9.55. The number of hydrogen-bond acceptors (Lipinski definition) is 5. The molecular weight excluding hydrogens is 386 g/mol. The van der Waals surface area contributed by atoms with Crippen LogP contribution in [0.2, 0.25) is 0 Å². The summed E-state index contributed by atoms with van der Waals surface area (Å²) in [5, 5.41) is 39.7. The number of nitrogens with one attached hydrogen (secondary N) is 2. The van der Waals surface area contributed by atoms with Crippen LogP contribution in [0.5, 0.6) is 0 Å². The van der Waals surface area contributed by atoms with Crippen LogP contribution < -0.4 is 4.90 Å². The quantitative estimate of drug-likeness (QED) is 0.703. The number of likely N-dealkylation sites (N-methyl/N-ethyl adjacent to an activating group) is 1. The molecule has 2 unspecified atom stereocenters. The van der Waals surface area contributed by atoms with Gasteiger partial charge in [-0.3, -0.25) is 0 Å². The number of hydrogen-bond donors (Lipinski definition) is 2. The van der Waals surface area contributed by atoms with Crippen molar-refractivity contribution in [3.8, 4) is 18.2 Å². The second-order valence-electron chi connectivity index (χ2n) is 6.33. The smallest absolute Gasteiger partial charge is 0.190 e. The van der Waals surface area contributed by atoms with E-state index in [-0.39, 0.29) is 11.6 Å². The Morgan fingerprint density at radius 2 is 2.08 bits per heavy atom. The predicted octanol–water partition coefficient (Wildman–Crippen LogP) is 1.87. The third-order valence-electron chi connectivity index (χ3n) is 4.97. The molecule has 1 aromatic rings. The highest BCUT2D eigenvalue weighted by atomic mass is 79.9. The van der Waals surface area contributed by atoms with E-state index in [1.54, 1.807) is 0 Å². The van der Waals surface area contributed by atoms with Crippen LogP contribution in [0.25, 0.3) is 0 Å². The van der Waals surface area contributed by atoms with Crippen molar-refractivity contribution in [2.45, 2.75) is 5.92 Å². The number of quaternary nitrogens is 1. The molecule has 2 aliphatic rings. The van der Waals surface area contributed by atoms with Crippen LogP contribution >= 0.6 is 27.3 Å². The Hall–Kier alpha value is -1.98. The molecule has 0 bridgehead atoms. The number of nitrogens with zero attached hydrogens (tertiary/aromatic N) is 3. The Morgan fingerprint density at radius 1 is 1.38 bits per heavy atom. The van der Waals surface area contributed by atoms with E-state index in [9.17, 15) is 15.8 Å². The molecule has 0 spiro atoms. The Morgan fingerprint density at radius 3 is 2.62 bits per heavy atom. The first-order chi connectivity index (χ1) is 11.5. The van der Waals surface area contributed by atoms with E-state index in [1.165, 1.54) is 16.2 Å². The SMILES string of the molecule is C[NH+]1CC=C2C(C#N)C(=N)C(C#N)(C#N)[C@H](c3cc(Br)cs3)[C@H]2C1. The average molecular weight is 401 g/mol. The molecular formula is C17H15BrN5S+. The zero-order chi connectivity index (χ0) is 17.5. The predicted molar refractivity (Wildman–Crippen MR) is 93.4 cm³/mol. The molecule has 24 heavy (non-hydrogen) atoms. The molecule has 1 aliphatic carbocycles. The third-order valence-corrected chi connectivity index (χ3v) is 6.75. The van der Waals surface area contributed by atoms with Gasteiger partial charge in [-0.15, -0.1) is 11.3 Å². The molecule has 2 heterocycles. The maximum Gasteiger partial charge on any atom is 0.190 e. The summed E-state index contributed by atoms with van der Waals surface area (Å²) in [6.45, 7) is 1.55. The Kier molecular flexibility index (Phi) is 4.32. The Labute approximate surface area is 153 Å². The zero-order valence-electron chi connectivity index (χ0n) is 13.0. The van der Waals surface area contributed by atoms with Gasteiger partial charge in [-0.25, -0.2) is 0 Å². The highest BCUT2D eigenvalue weighted by Gasteiger charge is 2.58. The molecule has 1 aromatic heterocycles. The lowest BCUT2D eigenvalue weighted by molar-refractivity contribution is -0.878. The summed E-state index contributed by atoms with van der Waals surface area (Å²) in [6.07, 6.45) is 2.03. The first-order valence-corrected chi connectivity index (χ1v) is 9.22. The molecule has 1 saturated carbocycles. The van der Waals surface area contributed by atoms with Gasteiger partial charge in [0.2, 0.25) is 0 Å². The lowest BCUT2D eigenvalue weighted by Gasteiger charge is -2.45. The number of fused-ring (bicyclic) bond motifs is 1. The van der Waals surface area contributed by atoms with Gasteiger partial charge in [0.05, 0.1) is 44.1 Å². The topological polar surface area (TPSA) is 99.7 Å². The van der Waals surface area contributed by atoms with Crippen molar-refractivity contribution in [2.75, 3.05) is 20.1 Å². The maximum atomic E-state index is 9.86. The van der Waals surface area contributed by atoms with Gasteiger partial charge in [-0.1, -0.05) is 0 Å². The van der Waals surface area contributed by atoms with Crippen LogP contribution in [-0.2, 0) is 0 Å². The van der Waals surface area contributed by atoms with E-state index < -0.39 is 17.3 Å². The molecule has 0 saturated heterocycles. The normalized spacial score (nSPS) is 31.1. The van der Waals surface area contributed by atoms with Crippen LogP contribution in [0.1, 0.15) is 10.8 Å². The second-order valence-corrected chi connectivity index (χ2v) is 8.19. The third kappa shape index (κ3) is 2.31. The van der Waals surface area contributed by atoms with Crippen molar-refractivity contribution in [1.29, 1.82) is 21.2 Å². The zero-order valence-corrected chi connectivity index (χ0v) is 15.4. The molecule has 5 nitrogen and oxygen atoms in total. The molecule has 7 heteroatoms. The molecule has 2 N–H and O–H groups in total. The van der Waals surface area contributed by atoms with Crippen molar-refractivity contribution < 1.29 is 4.90 Å². The van der Waals surface area contributed by atoms with E-state index in [2.05, 4.69) is 41.2 Å². The molecule has 4 atom stereocenters. The van der Waals surface area contributed by atoms with E-state index in [0.717, 1.165) is 28.0 Å². The first kappa shape index (κ1) is 16.9. The van der Waals surface area contributed by atoms with Gasteiger partial charge in [0, 0.05) is 26.6 Å². The fraction of sp³-hybridized carbons (Fsp3) is 0.412. The number of halogens is 1. The molecule has 0 radical (unpaired) electrons. The van der Waals surface area contributed by atoms with Gasteiger partial charge in [-0.2, -0.15) is 15.8 Å². The summed E-state index contributed by atoms with van der Waals surface area (Å²) in [5.41, 5.74) is -0.764. The van der Waals surface area contributed by atoms with Gasteiger partial charge < -0.3 is 10.3 Å². The standard InChI is InChI=1S/C17H14BrN5S/c1-23-3-2-11-12(5-19)16(22)17(8-20,9-21)15(13(11)6-23)14-4-10(18)7-24-14/h2,4,7,12-13,15,22H,3,6H2,1H3/p+1/t12?,13-,15-/m0/s1. The highest BCUT2D eigenvalue weighted by molar-refractivity contribution is 9.10. The monoisotopic (exact) mass is 400 g/mol. The minimum atomic E-state index is -1.59. The summed E-state index contributed by atoms with van der Waals surface area (Å²) >= 11 is 4.93. The minimum Gasteiger partial charge on any atom is -0.334 e. The lowest BCUT2D eigenvalue weighted by Crippen LogP contribution is -3.10. The molecule has 3 rings (SSSR count). The fourth-order valence-corrected chi connectivity index (χ4v) is 5.53. The van der Waals surface area contributed by atoms with Crippen LogP contribution in [0, 0.1) is 56.7 Å². The molecule has 0 amide bonds. The Balaban J connectivity index is 2.26. The second kappa shape index (κ2) is 6.15. The van der Waals surface area contributed by atoms with E-state index in [4.69, 9.17) is 5.41 Å². The minimum absolute atomic E-state index is 0.0772. The van der Waals surface area contributed by atoms with Gasteiger partial charge in [0.1, 0.15) is 5.92 Å². The van der Waals surface area contributed by atoms with Crippen LogP contribution in [0.4, 0.5) is 0 Å². The molecule has 1 aliphatic heterocycles. The van der Waals surface area contributed by atoms with Gasteiger partial charge in [-0.05, 0) is 33.6 Å². The van der Waals surface area contributed by atoms with Crippen LogP contribution in [0.15, 0.2) is 27.6 Å². The van der Waals surface area contributed by atoms with E-state index in [1.807, 2.05) is 17.5 Å². The van der Waals surface area contributed by atoms with E-state index in [0.29, 0.717) is 0 Å². The van der Waals surface area contributed by atoms with Crippen molar-refractivity contribution >= 4 is 33.0 Å². The summed E-state index contributed by atoms with van der Waals surface area (Å²) in [7, 11) is 2.07. The van der Waals surface area contributed by atoms with Gasteiger partial charge >= 0.3 is 0 Å². The van der Waals surface area contributed by atoms with Crippen molar-refractivity contribution in [3.63, 3.8) is 0 Å².